The molecule has 4 nitrogen and oxygen atoms in total. The number of amides is 1. The number of hydrogen-bond donors (Lipinski definition) is 2. The smallest absolute Gasteiger partial charge is 0.240 e. The Morgan fingerprint density at radius 3 is 2.94 bits per heavy atom. The zero-order chi connectivity index (χ0) is 13.1. The molecule has 0 saturated heterocycles. The van der Waals surface area contributed by atoms with E-state index in [-0.39, 0.29) is 17.8 Å². The molecule has 0 bridgehead atoms. The van der Waals surface area contributed by atoms with E-state index < -0.39 is 0 Å². The van der Waals surface area contributed by atoms with E-state index in [1.54, 1.807) is 16.7 Å². The fourth-order valence-corrected chi connectivity index (χ4v) is 3.20. The summed E-state index contributed by atoms with van der Waals surface area (Å²) >= 11 is 1.60. The maximum absolute atomic E-state index is 12.3. The van der Waals surface area contributed by atoms with Crippen LogP contribution in [0.5, 0.6) is 0 Å². The van der Waals surface area contributed by atoms with Crippen LogP contribution >= 0.6 is 11.8 Å². The molecule has 0 radical (unpaired) electrons. The first kappa shape index (κ1) is 13.2. The molecule has 18 heavy (non-hydrogen) atoms. The van der Waals surface area contributed by atoms with E-state index >= 15 is 0 Å². The van der Waals surface area contributed by atoms with Gasteiger partial charge in [-0.25, -0.2) is 0 Å². The molecular formula is C13H18N2O2S. The van der Waals surface area contributed by atoms with E-state index in [4.69, 9.17) is 10.8 Å². The van der Waals surface area contributed by atoms with Gasteiger partial charge in [-0.05, 0) is 31.0 Å². The SMILES string of the molecule is CCC1Sc2ccc(N)cc2N(CCCO)C1=O. The summed E-state index contributed by atoms with van der Waals surface area (Å²) in [7, 11) is 0. The minimum absolute atomic E-state index is 0.0279. The van der Waals surface area contributed by atoms with Gasteiger partial charge in [0.1, 0.15) is 0 Å². The molecule has 0 aromatic heterocycles. The monoisotopic (exact) mass is 266 g/mol. The van der Waals surface area contributed by atoms with Crippen molar-refractivity contribution >= 4 is 29.0 Å². The first-order valence-corrected chi connectivity index (χ1v) is 7.03. The molecule has 0 saturated carbocycles. The number of aliphatic hydroxyl groups excluding tert-OH is 1. The van der Waals surface area contributed by atoms with Crippen molar-refractivity contribution in [1.29, 1.82) is 0 Å². The molecule has 1 aromatic rings. The molecule has 5 heteroatoms. The zero-order valence-electron chi connectivity index (χ0n) is 10.4. The Kier molecular flexibility index (Phi) is 4.14. The third-order valence-corrected chi connectivity index (χ3v) is 4.41. The Balaban J connectivity index is 2.36. The molecule has 1 aliphatic heterocycles. The summed E-state index contributed by atoms with van der Waals surface area (Å²) < 4.78 is 0. The van der Waals surface area contributed by atoms with Crippen LogP contribution in [0, 0.1) is 0 Å². The van der Waals surface area contributed by atoms with Crippen molar-refractivity contribution in [2.45, 2.75) is 29.9 Å². The number of rotatable bonds is 4. The van der Waals surface area contributed by atoms with Crippen LogP contribution in [0.25, 0.3) is 0 Å². The third kappa shape index (κ3) is 2.47. The number of nitrogen functional groups attached to an aromatic ring is 1. The summed E-state index contributed by atoms with van der Waals surface area (Å²) in [6.45, 7) is 2.65. The first-order valence-electron chi connectivity index (χ1n) is 6.15. The van der Waals surface area contributed by atoms with E-state index in [2.05, 4.69) is 0 Å². The highest BCUT2D eigenvalue weighted by Gasteiger charge is 2.32. The summed E-state index contributed by atoms with van der Waals surface area (Å²) in [6.07, 6.45) is 1.39. The van der Waals surface area contributed by atoms with E-state index in [1.807, 2.05) is 25.1 Å². The van der Waals surface area contributed by atoms with E-state index in [1.165, 1.54) is 0 Å². The molecule has 0 spiro atoms. The van der Waals surface area contributed by atoms with Crippen LogP contribution < -0.4 is 10.6 Å². The average molecular weight is 266 g/mol. The Hall–Kier alpha value is -1.20. The summed E-state index contributed by atoms with van der Waals surface area (Å²) in [5.41, 5.74) is 7.33. The van der Waals surface area contributed by atoms with E-state index in [0.29, 0.717) is 18.7 Å². The van der Waals surface area contributed by atoms with E-state index in [9.17, 15) is 4.79 Å². The van der Waals surface area contributed by atoms with Gasteiger partial charge in [0.15, 0.2) is 0 Å². The lowest BCUT2D eigenvalue weighted by atomic mass is 10.2. The van der Waals surface area contributed by atoms with Crippen LogP contribution in [0.15, 0.2) is 23.1 Å². The molecule has 98 valence electrons. The highest BCUT2D eigenvalue weighted by molar-refractivity contribution is 8.01. The molecular weight excluding hydrogens is 248 g/mol. The predicted octanol–water partition coefficient (Wildman–Crippen LogP) is 1.87. The van der Waals surface area contributed by atoms with Crippen molar-refractivity contribution in [3.63, 3.8) is 0 Å². The number of anilines is 2. The molecule has 1 aromatic carbocycles. The van der Waals surface area contributed by atoms with Crippen molar-refractivity contribution in [2.75, 3.05) is 23.8 Å². The van der Waals surface area contributed by atoms with Crippen molar-refractivity contribution in [2.24, 2.45) is 0 Å². The lowest BCUT2D eigenvalue weighted by molar-refractivity contribution is -0.118. The fourth-order valence-electron chi connectivity index (χ4n) is 2.06. The van der Waals surface area contributed by atoms with Crippen molar-refractivity contribution < 1.29 is 9.90 Å². The molecule has 3 N–H and O–H groups in total. The van der Waals surface area contributed by atoms with Crippen molar-refractivity contribution in [3.05, 3.63) is 18.2 Å². The van der Waals surface area contributed by atoms with Gasteiger partial charge in [0.05, 0.1) is 10.9 Å². The number of nitrogens with two attached hydrogens (primary N) is 1. The minimum atomic E-state index is -0.0279. The molecule has 1 aliphatic rings. The maximum Gasteiger partial charge on any atom is 0.240 e. The summed E-state index contributed by atoms with van der Waals surface area (Å²) in [6, 6.07) is 5.67. The Morgan fingerprint density at radius 1 is 1.50 bits per heavy atom. The van der Waals surface area contributed by atoms with Gasteiger partial charge in [0.2, 0.25) is 5.91 Å². The fraction of sp³-hybridized carbons (Fsp3) is 0.462. The van der Waals surface area contributed by atoms with Gasteiger partial charge in [-0.1, -0.05) is 6.92 Å². The van der Waals surface area contributed by atoms with Gasteiger partial charge < -0.3 is 15.7 Å². The van der Waals surface area contributed by atoms with Gasteiger partial charge in [-0.2, -0.15) is 0 Å². The van der Waals surface area contributed by atoms with Crippen LogP contribution in [0.4, 0.5) is 11.4 Å². The summed E-state index contributed by atoms with van der Waals surface area (Å²) in [5, 5.41) is 8.91. The zero-order valence-corrected chi connectivity index (χ0v) is 11.2. The number of thioether (sulfide) groups is 1. The number of carbonyl (C=O) groups excluding carboxylic acids is 1. The number of nitrogens with zero attached hydrogens (tertiary/aromatic N) is 1. The lowest BCUT2D eigenvalue weighted by Crippen LogP contribution is -2.41. The van der Waals surface area contributed by atoms with Gasteiger partial charge >= 0.3 is 0 Å². The molecule has 2 rings (SSSR count). The Morgan fingerprint density at radius 2 is 2.28 bits per heavy atom. The summed E-state index contributed by atoms with van der Waals surface area (Å²) in [4.78, 5) is 15.2. The molecule has 1 atom stereocenters. The number of hydrogen-bond acceptors (Lipinski definition) is 4. The number of carbonyl (C=O) groups is 1. The maximum atomic E-state index is 12.3. The number of aliphatic hydroxyl groups is 1. The largest absolute Gasteiger partial charge is 0.399 e. The number of fused-ring (bicyclic) bond motifs is 1. The summed E-state index contributed by atoms with van der Waals surface area (Å²) in [5.74, 6) is 0.119. The second-order valence-electron chi connectivity index (χ2n) is 4.31. The van der Waals surface area contributed by atoms with Crippen LogP contribution in [-0.2, 0) is 4.79 Å². The Labute approximate surface area is 111 Å². The van der Waals surface area contributed by atoms with E-state index in [0.717, 1.165) is 17.0 Å². The first-order chi connectivity index (χ1) is 8.67. The molecule has 0 fully saturated rings. The van der Waals surface area contributed by atoms with Gasteiger partial charge in [-0.3, -0.25) is 4.79 Å². The number of benzene rings is 1. The predicted molar refractivity (Wildman–Crippen MR) is 74.8 cm³/mol. The van der Waals surface area contributed by atoms with Gasteiger partial charge in [0, 0.05) is 23.7 Å². The van der Waals surface area contributed by atoms with Crippen molar-refractivity contribution in [3.8, 4) is 0 Å². The quantitative estimate of drug-likeness (QED) is 0.816. The highest BCUT2D eigenvalue weighted by atomic mass is 32.2. The van der Waals surface area contributed by atoms with Crippen LogP contribution in [0.3, 0.4) is 0 Å². The molecule has 1 heterocycles. The van der Waals surface area contributed by atoms with Crippen LogP contribution in [0.1, 0.15) is 19.8 Å². The highest BCUT2D eigenvalue weighted by Crippen LogP contribution is 2.41. The molecule has 1 unspecified atom stereocenters. The van der Waals surface area contributed by atoms with Crippen LogP contribution in [-0.4, -0.2) is 29.4 Å². The van der Waals surface area contributed by atoms with Crippen LogP contribution in [0.2, 0.25) is 0 Å². The topological polar surface area (TPSA) is 66.6 Å². The molecule has 0 aliphatic carbocycles. The van der Waals surface area contributed by atoms with Crippen molar-refractivity contribution in [1.82, 2.24) is 0 Å². The second kappa shape index (κ2) is 5.63. The Bertz CT molecular complexity index is 451. The third-order valence-electron chi connectivity index (χ3n) is 3.00. The minimum Gasteiger partial charge on any atom is -0.399 e. The second-order valence-corrected chi connectivity index (χ2v) is 5.55. The standard InChI is InChI=1S/C13H18N2O2S/c1-2-11-13(17)15(6-3-7-16)10-8-9(14)4-5-12(10)18-11/h4-5,8,11,16H,2-3,6-7,14H2,1H3. The lowest BCUT2D eigenvalue weighted by Gasteiger charge is -2.33. The average Bonchev–Trinajstić information content (AvgIpc) is 2.37. The normalized spacial score (nSPS) is 18.9. The van der Waals surface area contributed by atoms with Gasteiger partial charge in [-0.15, -0.1) is 11.8 Å². The van der Waals surface area contributed by atoms with Gasteiger partial charge in [0.25, 0.3) is 0 Å². The molecule has 1 amide bonds.